The third-order valence-corrected chi connectivity index (χ3v) is 4.24. The van der Waals surface area contributed by atoms with E-state index in [0.29, 0.717) is 0 Å². The predicted octanol–water partition coefficient (Wildman–Crippen LogP) is 3.67. The molecule has 0 radical (unpaired) electrons. The molecule has 0 bridgehead atoms. The largest absolute Gasteiger partial charge is 0.444 e. The fourth-order valence-electron chi connectivity index (χ4n) is 2.96. The van der Waals surface area contributed by atoms with Crippen LogP contribution in [0.2, 0.25) is 0 Å². The summed E-state index contributed by atoms with van der Waals surface area (Å²) in [6.07, 6.45) is 1.60. The second-order valence-corrected chi connectivity index (χ2v) is 8.16. The Morgan fingerprint density at radius 3 is 2.39 bits per heavy atom. The summed E-state index contributed by atoms with van der Waals surface area (Å²) in [4.78, 5) is 21.0. The molecule has 2 atom stereocenters. The van der Waals surface area contributed by atoms with E-state index in [-0.39, 0.29) is 18.2 Å². The van der Waals surface area contributed by atoms with E-state index in [1.165, 1.54) is 0 Å². The molecule has 0 aliphatic carbocycles. The van der Waals surface area contributed by atoms with Crippen molar-refractivity contribution >= 4 is 22.0 Å². The topological polar surface area (TPSA) is 45.7 Å². The third-order valence-electron chi connectivity index (χ3n) is 3.77. The highest BCUT2D eigenvalue weighted by molar-refractivity contribution is 9.10. The quantitative estimate of drug-likeness (QED) is 0.781. The number of rotatable bonds is 2. The van der Waals surface area contributed by atoms with Crippen molar-refractivity contribution in [3.8, 4) is 0 Å². The molecule has 0 unspecified atom stereocenters. The van der Waals surface area contributed by atoms with Crippen LogP contribution in [0, 0.1) is 0 Å². The van der Waals surface area contributed by atoms with E-state index in [4.69, 9.17) is 4.74 Å². The molecule has 2 rings (SSSR count). The molecule has 128 valence electrons. The number of nitrogens with zero attached hydrogens (tertiary/aromatic N) is 3. The molecule has 1 fully saturated rings. The van der Waals surface area contributed by atoms with Crippen molar-refractivity contribution in [1.82, 2.24) is 14.8 Å². The highest BCUT2D eigenvalue weighted by Crippen LogP contribution is 2.21. The Hall–Kier alpha value is -1.14. The maximum absolute atomic E-state index is 12.4. The second-order valence-electron chi connectivity index (χ2n) is 7.25. The number of hydrogen-bond acceptors (Lipinski definition) is 4. The van der Waals surface area contributed by atoms with Crippen LogP contribution < -0.4 is 0 Å². The Kier molecular flexibility index (Phi) is 5.68. The van der Waals surface area contributed by atoms with Gasteiger partial charge in [-0.05, 0) is 62.7 Å². The molecule has 1 aliphatic heterocycles. The zero-order valence-electron chi connectivity index (χ0n) is 14.5. The zero-order valence-corrected chi connectivity index (χ0v) is 16.1. The molecular formula is C17H26BrN3O2. The van der Waals surface area contributed by atoms with Gasteiger partial charge in [0, 0.05) is 42.4 Å². The molecular weight excluding hydrogens is 358 g/mol. The van der Waals surface area contributed by atoms with Crippen LogP contribution in [0.3, 0.4) is 0 Å². The number of ether oxygens (including phenoxy) is 1. The van der Waals surface area contributed by atoms with Crippen LogP contribution in [-0.4, -0.2) is 51.7 Å². The van der Waals surface area contributed by atoms with Gasteiger partial charge in [-0.1, -0.05) is 0 Å². The van der Waals surface area contributed by atoms with Gasteiger partial charge in [-0.15, -0.1) is 0 Å². The van der Waals surface area contributed by atoms with E-state index in [9.17, 15) is 4.79 Å². The van der Waals surface area contributed by atoms with Gasteiger partial charge < -0.3 is 9.64 Å². The van der Waals surface area contributed by atoms with Gasteiger partial charge >= 0.3 is 6.09 Å². The standard InChI is InChI=1S/C17H26BrN3O2/c1-12-9-20(11-15-7-6-14(18)8-19-15)10-13(2)21(12)16(22)23-17(3,4)5/h6-8,12-13H,9-11H2,1-5H3/t12-,13+. The molecule has 6 heteroatoms. The number of carbonyl (C=O) groups excluding carboxylic acids is 1. The number of pyridine rings is 1. The van der Waals surface area contributed by atoms with Crippen molar-refractivity contribution in [1.29, 1.82) is 0 Å². The van der Waals surface area contributed by atoms with Gasteiger partial charge in [-0.2, -0.15) is 0 Å². The smallest absolute Gasteiger partial charge is 0.410 e. The van der Waals surface area contributed by atoms with Crippen molar-refractivity contribution < 1.29 is 9.53 Å². The maximum atomic E-state index is 12.4. The first-order chi connectivity index (χ1) is 10.7. The van der Waals surface area contributed by atoms with Crippen LogP contribution in [-0.2, 0) is 11.3 Å². The third kappa shape index (κ3) is 5.18. The lowest BCUT2D eigenvalue weighted by atomic mass is 10.1. The van der Waals surface area contributed by atoms with E-state index in [0.717, 1.165) is 29.8 Å². The van der Waals surface area contributed by atoms with Crippen molar-refractivity contribution in [2.45, 2.75) is 58.8 Å². The first kappa shape index (κ1) is 18.2. The predicted molar refractivity (Wildman–Crippen MR) is 94.2 cm³/mol. The number of piperazine rings is 1. The second kappa shape index (κ2) is 7.18. The molecule has 0 aromatic carbocycles. The molecule has 0 N–H and O–H groups in total. The summed E-state index contributed by atoms with van der Waals surface area (Å²) in [5.74, 6) is 0. The fraction of sp³-hybridized carbons (Fsp3) is 0.647. The molecule has 1 aromatic heterocycles. The number of aromatic nitrogens is 1. The molecule has 1 amide bonds. The number of amides is 1. The molecule has 5 nitrogen and oxygen atoms in total. The average molecular weight is 384 g/mol. The monoisotopic (exact) mass is 383 g/mol. The number of carbonyl (C=O) groups is 1. The highest BCUT2D eigenvalue weighted by atomic mass is 79.9. The van der Waals surface area contributed by atoms with Crippen LogP contribution in [0.5, 0.6) is 0 Å². The summed E-state index contributed by atoms with van der Waals surface area (Å²) in [5.41, 5.74) is 0.577. The summed E-state index contributed by atoms with van der Waals surface area (Å²) in [5, 5.41) is 0. The van der Waals surface area contributed by atoms with Gasteiger partial charge in [0.1, 0.15) is 5.60 Å². The van der Waals surface area contributed by atoms with Crippen LogP contribution in [0.1, 0.15) is 40.3 Å². The lowest BCUT2D eigenvalue weighted by Gasteiger charge is -2.44. The fourth-order valence-corrected chi connectivity index (χ4v) is 3.20. The van der Waals surface area contributed by atoms with Gasteiger partial charge in [-0.3, -0.25) is 9.88 Å². The summed E-state index contributed by atoms with van der Waals surface area (Å²) in [6, 6.07) is 4.26. The minimum atomic E-state index is -0.463. The van der Waals surface area contributed by atoms with Gasteiger partial charge in [0.25, 0.3) is 0 Å². The minimum Gasteiger partial charge on any atom is -0.444 e. The van der Waals surface area contributed by atoms with Gasteiger partial charge in [-0.25, -0.2) is 4.79 Å². The summed E-state index contributed by atoms with van der Waals surface area (Å²) in [6.45, 7) is 12.3. The number of hydrogen-bond donors (Lipinski definition) is 0. The SMILES string of the molecule is C[C@@H]1CN(Cc2ccc(Br)cn2)C[C@H](C)N1C(=O)OC(C)(C)C. The van der Waals surface area contributed by atoms with Gasteiger partial charge in [0.05, 0.1) is 5.69 Å². The Bertz CT molecular complexity index is 530. The molecule has 1 aromatic rings. The van der Waals surface area contributed by atoms with Gasteiger partial charge in [0.2, 0.25) is 0 Å². The highest BCUT2D eigenvalue weighted by Gasteiger charge is 2.35. The van der Waals surface area contributed by atoms with Crippen LogP contribution in [0.15, 0.2) is 22.8 Å². The first-order valence-electron chi connectivity index (χ1n) is 8.00. The van der Waals surface area contributed by atoms with E-state index < -0.39 is 5.60 Å². The van der Waals surface area contributed by atoms with Crippen molar-refractivity contribution in [2.75, 3.05) is 13.1 Å². The molecule has 0 spiro atoms. The van der Waals surface area contributed by atoms with Crippen LogP contribution >= 0.6 is 15.9 Å². The lowest BCUT2D eigenvalue weighted by molar-refractivity contribution is -0.0164. The molecule has 2 heterocycles. The van der Waals surface area contributed by atoms with Crippen molar-refractivity contribution in [2.24, 2.45) is 0 Å². The first-order valence-corrected chi connectivity index (χ1v) is 8.79. The Morgan fingerprint density at radius 2 is 1.91 bits per heavy atom. The minimum absolute atomic E-state index is 0.115. The molecule has 1 saturated heterocycles. The van der Waals surface area contributed by atoms with Crippen LogP contribution in [0.4, 0.5) is 4.79 Å². The van der Waals surface area contributed by atoms with Crippen molar-refractivity contribution in [3.63, 3.8) is 0 Å². The van der Waals surface area contributed by atoms with E-state index in [1.54, 1.807) is 0 Å². The molecule has 1 aliphatic rings. The summed E-state index contributed by atoms with van der Waals surface area (Å²) >= 11 is 3.40. The Labute approximate surface area is 147 Å². The summed E-state index contributed by atoms with van der Waals surface area (Å²) < 4.78 is 6.52. The maximum Gasteiger partial charge on any atom is 0.410 e. The average Bonchev–Trinajstić information content (AvgIpc) is 2.38. The zero-order chi connectivity index (χ0) is 17.2. The van der Waals surface area contributed by atoms with Gasteiger partial charge in [0.15, 0.2) is 0 Å². The Balaban J connectivity index is 1.98. The van der Waals surface area contributed by atoms with Crippen LogP contribution in [0.25, 0.3) is 0 Å². The van der Waals surface area contributed by atoms with E-state index >= 15 is 0 Å². The molecule has 0 saturated carbocycles. The summed E-state index contributed by atoms with van der Waals surface area (Å²) in [7, 11) is 0. The van der Waals surface area contributed by atoms with Crippen molar-refractivity contribution in [3.05, 3.63) is 28.5 Å². The van der Waals surface area contributed by atoms with E-state index in [1.807, 2.05) is 44.0 Å². The lowest BCUT2D eigenvalue weighted by Crippen LogP contribution is -2.59. The Morgan fingerprint density at radius 1 is 1.30 bits per heavy atom. The van der Waals surface area contributed by atoms with E-state index in [2.05, 4.69) is 39.7 Å². The number of halogens is 1. The molecule has 23 heavy (non-hydrogen) atoms. The normalized spacial score (nSPS) is 23.0.